The molecule has 5 nitrogen and oxygen atoms in total. The molecule has 2 rings (SSSR count). The molecule has 0 saturated heterocycles. The van der Waals surface area contributed by atoms with Gasteiger partial charge in [0.2, 0.25) is 10.0 Å². The van der Waals surface area contributed by atoms with Crippen LogP contribution >= 0.6 is 0 Å². The van der Waals surface area contributed by atoms with E-state index in [0.29, 0.717) is 31.1 Å². The molecule has 0 bridgehead atoms. The fourth-order valence-corrected chi connectivity index (χ4v) is 3.19. The van der Waals surface area contributed by atoms with Crippen molar-refractivity contribution in [2.24, 2.45) is 0 Å². The van der Waals surface area contributed by atoms with Crippen molar-refractivity contribution in [1.29, 1.82) is 0 Å². The molecule has 1 aromatic rings. The Labute approximate surface area is 114 Å². The van der Waals surface area contributed by atoms with Gasteiger partial charge in [-0.3, -0.25) is 0 Å². The average Bonchev–Trinajstić information content (AvgIpc) is 2.38. The highest BCUT2D eigenvalue weighted by Crippen LogP contribution is 2.31. The van der Waals surface area contributed by atoms with Crippen LogP contribution in [0.1, 0.15) is 13.3 Å². The minimum absolute atomic E-state index is 0.160. The number of fused-ring (bicyclic) bond motifs is 1. The van der Waals surface area contributed by atoms with Crippen molar-refractivity contribution in [1.82, 2.24) is 4.31 Å². The van der Waals surface area contributed by atoms with Gasteiger partial charge in [0.25, 0.3) is 0 Å². The Hall–Kier alpha value is -1.27. The van der Waals surface area contributed by atoms with E-state index < -0.39 is 10.0 Å². The predicted molar refractivity (Wildman–Crippen MR) is 73.1 cm³/mol. The lowest BCUT2D eigenvalue weighted by Gasteiger charge is -2.29. The molecule has 1 aromatic carbocycles. The number of rotatable bonds is 5. The molecule has 1 aliphatic heterocycles. The van der Waals surface area contributed by atoms with Gasteiger partial charge in [-0.1, -0.05) is 19.1 Å². The fourth-order valence-electron chi connectivity index (χ4n) is 1.97. The van der Waals surface area contributed by atoms with Gasteiger partial charge in [-0.05, 0) is 18.6 Å². The van der Waals surface area contributed by atoms with Crippen LogP contribution in [0.3, 0.4) is 0 Å². The lowest BCUT2D eigenvalue weighted by molar-refractivity contribution is 0.0798. The fraction of sp³-hybridized carbons (Fsp3) is 0.538. The molecule has 1 atom stereocenters. The first kappa shape index (κ1) is 14.1. The van der Waals surface area contributed by atoms with Gasteiger partial charge in [0.05, 0.1) is 12.3 Å². The zero-order valence-electron chi connectivity index (χ0n) is 11.2. The average molecular weight is 285 g/mol. The molecule has 0 aromatic heterocycles. The van der Waals surface area contributed by atoms with E-state index in [2.05, 4.69) is 0 Å². The molecule has 19 heavy (non-hydrogen) atoms. The minimum Gasteiger partial charge on any atom is -0.486 e. The summed E-state index contributed by atoms with van der Waals surface area (Å²) < 4.78 is 36.4. The summed E-state index contributed by atoms with van der Waals surface area (Å²) in [5.41, 5.74) is 0. The number of hydrogen-bond acceptors (Lipinski definition) is 4. The van der Waals surface area contributed by atoms with E-state index in [1.54, 1.807) is 7.05 Å². The molecular weight excluding hydrogens is 266 g/mol. The normalized spacial score (nSPS) is 18.6. The molecule has 0 saturated carbocycles. The lowest BCUT2D eigenvalue weighted by Crippen LogP contribution is -2.42. The maximum absolute atomic E-state index is 11.9. The van der Waals surface area contributed by atoms with Crippen LogP contribution in [0.15, 0.2) is 24.3 Å². The van der Waals surface area contributed by atoms with E-state index in [1.165, 1.54) is 4.31 Å². The number of likely N-dealkylation sites (N-methyl/N-ethyl adjacent to an activating group) is 1. The number of hydrogen-bond donors (Lipinski definition) is 0. The quantitative estimate of drug-likeness (QED) is 0.822. The molecule has 1 heterocycles. The second-order valence-corrected chi connectivity index (χ2v) is 6.79. The summed E-state index contributed by atoms with van der Waals surface area (Å²) in [5, 5.41) is 0. The Morgan fingerprint density at radius 1 is 1.32 bits per heavy atom. The van der Waals surface area contributed by atoms with Crippen LogP contribution in [-0.4, -0.2) is 44.8 Å². The van der Waals surface area contributed by atoms with Crippen LogP contribution in [0.2, 0.25) is 0 Å². The topological polar surface area (TPSA) is 55.8 Å². The van der Waals surface area contributed by atoms with E-state index in [-0.39, 0.29) is 11.9 Å². The first-order valence-electron chi connectivity index (χ1n) is 6.35. The molecule has 0 radical (unpaired) electrons. The van der Waals surface area contributed by atoms with Crippen molar-refractivity contribution < 1.29 is 17.9 Å². The van der Waals surface area contributed by atoms with Crippen LogP contribution in [0, 0.1) is 0 Å². The third-order valence-corrected chi connectivity index (χ3v) is 4.99. The molecule has 0 aliphatic carbocycles. The van der Waals surface area contributed by atoms with E-state index in [0.717, 1.165) is 0 Å². The van der Waals surface area contributed by atoms with Crippen molar-refractivity contribution in [3.05, 3.63) is 24.3 Å². The number of sulfonamides is 1. The lowest BCUT2D eigenvalue weighted by atomic mass is 10.2. The van der Waals surface area contributed by atoms with E-state index in [9.17, 15) is 8.42 Å². The number of ether oxygens (including phenoxy) is 2. The zero-order chi connectivity index (χ0) is 13.9. The van der Waals surface area contributed by atoms with Crippen molar-refractivity contribution in [2.45, 2.75) is 19.4 Å². The van der Waals surface area contributed by atoms with Gasteiger partial charge in [-0.2, -0.15) is 0 Å². The van der Waals surface area contributed by atoms with Crippen molar-refractivity contribution in [3.63, 3.8) is 0 Å². The predicted octanol–water partition coefficient (Wildman–Crippen LogP) is 1.50. The van der Waals surface area contributed by atoms with Crippen molar-refractivity contribution >= 4 is 10.0 Å². The van der Waals surface area contributed by atoms with Gasteiger partial charge in [-0.25, -0.2) is 12.7 Å². The number of benzene rings is 1. The Kier molecular flexibility index (Phi) is 4.31. The van der Waals surface area contributed by atoms with E-state index in [4.69, 9.17) is 9.47 Å². The molecular formula is C13H19NO4S. The zero-order valence-corrected chi connectivity index (χ0v) is 12.0. The van der Waals surface area contributed by atoms with Gasteiger partial charge >= 0.3 is 0 Å². The molecule has 106 valence electrons. The van der Waals surface area contributed by atoms with Gasteiger partial charge in [0.1, 0.15) is 12.7 Å². The Bertz CT molecular complexity index is 529. The van der Waals surface area contributed by atoms with Crippen LogP contribution in [-0.2, 0) is 10.0 Å². The maximum Gasteiger partial charge on any atom is 0.213 e. The van der Waals surface area contributed by atoms with Gasteiger partial charge < -0.3 is 9.47 Å². The number of para-hydroxylation sites is 2. The maximum atomic E-state index is 11.9. The van der Waals surface area contributed by atoms with Crippen molar-refractivity contribution in [2.75, 3.05) is 26.0 Å². The molecule has 1 aliphatic rings. The van der Waals surface area contributed by atoms with Gasteiger partial charge in [0.15, 0.2) is 11.5 Å². The molecule has 0 fully saturated rings. The molecule has 0 amide bonds. The summed E-state index contributed by atoms with van der Waals surface area (Å²) in [7, 11) is -1.61. The summed E-state index contributed by atoms with van der Waals surface area (Å²) in [4.78, 5) is 0. The minimum atomic E-state index is -3.19. The largest absolute Gasteiger partial charge is 0.486 e. The highest BCUT2D eigenvalue weighted by molar-refractivity contribution is 7.89. The summed E-state index contributed by atoms with van der Waals surface area (Å²) >= 11 is 0. The highest BCUT2D eigenvalue weighted by Gasteiger charge is 2.26. The van der Waals surface area contributed by atoms with E-state index >= 15 is 0 Å². The Morgan fingerprint density at radius 2 is 2.00 bits per heavy atom. The second-order valence-electron chi connectivity index (χ2n) is 4.59. The molecule has 0 N–H and O–H groups in total. The van der Waals surface area contributed by atoms with Crippen LogP contribution in [0.4, 0.5) is 0 Å². The van der Waals surface area contributed by atoms with Crippen LogP contribution in [0.25, 0.3) is 0 Å². The number of nitrogens with zero attached hydrogens (tertiary/aromatic N) is 1. The summed E-state index contributed by atoms with van der Waals surface area (Å²) in [6.07, 6.45) is 0.337. The van der Waals surface area contributed by atoms with Crippen molar-refractivity contribution in [3.8, 4) is 11.5 Å². The first-order chi connectivity index (χ1) is 9.03. The van der Waals surface area contributed by atoms with Crippen LogP contribution < -0.4 is 9.47 Å². The molecule has 1 unspecified atom stereocenters. The standard InChI is InChI=1S/C13H19NO4S/c1-3-8-19(15,16)14(2)9-11-10-17-12-6-4-5-7-13(12)18-11/h4-7,11H,3,8-10H2,1-2H3. The third-order valence-electron chi connectivity index (χ3n) is 2.97. The molecule has 6 heteroatoms. The monoisotopic (exact) mass is 285 g/mol. The SMILES string of the molecule is CCCS(=O)(=O)N(C)CC1COc2ccccc2O1. The molecule has 0 spiro atoms. The smallest absolute Gasteiger partial charge is 0.213 e. The highest BCUT2D eigenvalue weighted by atomic mass is 32.2. The van der Waals surface area contributed by atoms with Crippen LogP contribution in [0.5, 0.6) is 11.5 Å². The Morgan fingerprint density at radius 3 is 2.68 bits per heavy atom. The second kappa shape index (κ2) is 5.79. The van der Waals surface area contributed by atoms with E-state index in [1.807, 2.05) is 31.2 Å². The summed E-state index contributed by atoms with van der Waals surface area (Å²) in [6, 6.07) is 7.40. The van der Waals surface area contributed by atoms with Gasteiger partial charge in [-0.15, -0.1) is 0 Å². The first-order valence-corrected chi connectivity index (χ1v) is 7.96. The Balaban J connectivity index is 1.99. The summed E-state index contributed by atoms with van der Waals surface area (Å²) in [6.45, 7) is 2.52. The third kappa shape index (κ3) is 3.39. The summed E-state index contributed by atoms with van der Waals surface area (Å²) in [5.74, 6) is 1.53. The van der Waals surface area contributed by atoms with Gasteiger partial charge in [0, 0.05) is 7.05 Å².